The van der Waals surface area contributed by atoms with Crippen molar-refractivity contribution >= 4 is 17.5 Å². The molecule has 0 bridgehead atoms. The fourth-order valence-electron chi connectivity index (χ4n) is 3.91. The van der Waals surface area contributed by atoms with E-state index in [2.05, 4.69) is 22.4 Å². The van der Waals surface area contributed by atoms with Gasteiger partial charge in [-0.1, -0.05) is 12.1 Å². The van der Waals surface area contributed by atoms with Crippen LogP contribution in [0.15, 0.2) is 42.7 Å². The number of piperidine rings is 1. The van der Waals surface area contributed by atoms with E-state index in [1.165, 1.54) is 0 Å². The molecule has 2 amide bonds. The minimum Gasteiger partial charge on any atom is -0.341 e. The summed E-state index contributed by atoms with van der Waals surface area (Å²) in [6.45, 7) is 3.68. The van der Waals surface area contributed by atoms with E-state index in [0.29, 0.717) is 19.6 Å². The summed E-state index contributed by atoms with van der Waals surface area (Å²) < 4.78 is 1.85. The Bertz CT molecular complexity index is 821. The number of hydrogen-bond acceptors (Lipinski definition) is 4. The molecule has 7 nitrogen and oxygen atoms in total. The Balaban J connectivity index is 1.27. The zero-order valence-electron chi connectivity index (χ0n) is 16.3. The molecule has 1 aromatic carbocycles. The molecule has 2 saturated heterocycles. The van der Waals surface area contributed by atoms with E-state index < -0.39 is 0 Å². The van der Waals surface area contributed by atoms with Gasteiger partial charge in [0, 0.05) is 37.1 Å². The van der Waals surface area contributed by atoms with Crippen LogP contribution in [-0.2, 0) is 16.1 Å². The molecule has 4 rings (SSSR count). The van der Waals surface area contributed by atoms with Crippen molar-refractivity contribution in [3.8, 4) is 0 Å². The summed E-state index contributed by atoms with van der Waals surface area (Å²) in [5.74, 6) is 0.214. The van der Waals surface area contributed by atoms with Crippen LogP contribution in [0, 0.1) is 11.8 Å². The number of amides is 2. The van der Waals surface area contributed by atoms with Crippen molar-refractivity contribution in [2.75, 3.05) is 38.5 Å². The van der Waals surface area contributed by atoms with Gasteiger partial charge < -0.3 is 15.1 Å². The van der Waals surface area contributed by atoms with E-state index in [1.807, 2.05) is 46.1 Å². The fourth-order valence-corrected chi connectivity index (χ4v) is 3.91. The van der Waals surface area contributed by atoms with Gasteiger partial charge in [0.05, 0.1) is 12.5 Å². The normalized spacial score (nSPS) is 18.7. The number of carbonyl (C=O) groups is 2. The Hall–Kier alpha value is -2.67. The average Bonchev–Trinajstić information content (AvgIpc) is 3.14. The van der Waals surface area contributed by atoms with Crippen LogP contribution in [0.4, 0.5) is 5.69 Å². The van der Waals surface area contributed by atoms with Crippen molar-refractivity contribution in [2.24, 2.45) is 11.8 Å². The highest BCUT2D eigenvalue weighted by molar-refractivity contribution is 5.95. The van der Waals surface area contributed by atoms with E-state index in [9.17, 15) is 9.59 Å². The summed E-state index contributed by atoms with van der Waals surface area (Å²) in [4.78, 5) is 29.2. The third-order valence-corrected chi connectivity index (χ3v) is 5.73. The second-order valence-corrected chi connectivity index (χ2v) is 7.91. The first-order valence-corrected chi connectivity index (χ1v) is 9.93. The number of rotatable bonds is 5. The van der Waals surface area contributed by atoms with Crippen LogP contribution in [-0.4, -0.2) is 64.6 Å². The highest BCUT2D eigenvalue weighted by atomic mass is 16.2. The Morgan fingerprint density at radius 2 is 1.93 bits per heavy atom. The summed E-state index contributed by atoms with van der Waals surface area (Å²) in [5, 5.41) is 7.20. The summed E-state index contributed by atoms with van der Waals surface area (Å²) in [5.41, 5.74) is 1.86. The first-order valence-electron chi connectivity index (χ1n) is 9.93. The number of hydrogen-bond donors (Lipinski definition) is 1. The summed E-state index contributed by atoms with van der Waals surface area (Å²) in [6, 6.07) is 9.71. The molecule has 28 heavy (non-hydrogen) atoms. The monoisotopic (exact) mass is 381 g/mol. The van der Waals surface area contributed by atoms with E-state index in [4.69, 9.17) is 0 Å². The Morgan fingerprint density at radius 1 is 1.14 bits per heavy atom. The molecule has 0 spiro atoms. The molecular formula is C21H27N5O2. The third-order valence-electron chi connectivity index (χ3n) is 5.73. The van der Waals surface area contributed by atoms with Gasteiger partial charge in [0.15, 0.2) is 0 Å². The van der Waals surface area contributed by atoms with E-state index in [-0.39, 0.29) is 23.7 Å². The van der Waals surface area contributed by atoms with Gasteiger partial charge in [0.2, 0.25) is 11.8 Å². The maximum Gasteiger partial charge on any atom is 0.231 e. The van der Waals surface area contributed by atoms with Gasteiger partial charge in [-0.25, -0.2) is 0 Å². The molecule has 0 aliphatic carbocycles. The number of nitrogens with zero attached hydrogens (tertiary/aromatic N) is 4. The molecule has 0 radical (unpaired) electrons. The predicted octanol–water partition coefficient (Wildman–Crippen LogP) is 1.67. The standard InChI is InChI=1S/C21H27N5O2/c1-24-10-6-17(7-11-24)21(28)25-14-18(15-25)20(27)23-19-5-2-4-16(12-19)13-26-9-3-8-22-26/h2-5,8-9,12,17-18H,6-7,10-11,13-15H2,1H3,(H,23,27). The van der Waals surface area contributed by atoms with Crippen LogP contribution < -0.4 is 5.32 Å². The van der Waals surface area contributed by atoms with Crippen molar-refractivity contribution < 1.29 is 9.59 Å². The van der Waals surface area contributed by atoms with E-state index >= 15 is 0 Å². The van der Waals surface area contributed by atoms with E-state index in [1.54, 1.807) is 6.20 Å². The second-order valence-electron chi connectivity index (χ2n) is 7.91. The highest BCUT2D eigenvalue weighted by Crippen LogP contribution is 2.25. The molecule has 0 atom stereocenters. The van der Waals surface area contributed by atoms with Crippen LogP contribution in [0.2, 0.25) is 0 Å². The third kappa shape index (κ3) is 4.25. The number of aromatic nitrogens is 2. The Kier molecular flexibility index (Phi) is 5.43. The second kappa shape index (κ2) is 8.14. The van der Waals surface area contributed by atoms with Crippen molar-refractivity contribution in [2.45, 2.75) is 19.4 Å². The summed E-state index contributed by atoms with van der Waals surface area (Å²) >= 11 is 0. The SMILES string of the molecule is CN1CCC(C(=O)N2CC(C(=O)Nc3cccc(Cn4cccn4)c3)C2)CC1. The molecule has 1 aromatic heterocycles. The molecule has 0 unspecified atom stereocenters. The Morgan fingerprint density at radius 3 is 2.64 bits per heavy atom. The van der Waals surface area contributed by atoms with Gasteiger partial charge in [-0.3, -0.25) is 14.3 Å². The van der Waals surface area contributed by atoms with Crippen molar-refractivity contribution in [1.29, 1.82) is 0 Å². The molecule has 148 valence electrons. The van der Waals surface area contributed by atoms with Gasteiger partial charge in [0.1, 0.15) is 0 Å². The number of benzene rings is 1. The quantitative estimate of drug-likeness (QED) is 0.855. The predicted molar refractivity (Wildman–Crippen MR) is 107 cm³/mol. The van der Waals surface area contributed by atoms with Gasteiger partial charge in [0.25, 0.3) is 0 Å². The molecular weight excluding hydrogens is 354 g/mol. The van der Waals surface area contributed by atoms with Crippen LogP contribution in [0.5, 0.6) is 0 Å². The molecule has 0 saturated carbocycles. The number of carbonyl (C=O) groups excluding carboxylic acids is 2. The topological polar surface area (TPSA) is 70.5 Å². The summed E-state index contributed by atoms with van der Waals surface area (Å²) in [6.07, 6.45) is 5.51. The lowest BCUT2D eigenvalue weighted by atomic mass is 9.91. The lowest BCUT2D eigenvalue weighted by Gasteiger charge is -2.41. The lowest BCUT2D eigenvalue weighted by molar-refractivity contribution is -0.146. The largest absolute Gasteiger partial charge is 0.341 e. The maximum atomic E-state index is 12.6. The van der Waals surface area contributed by atoms with Crippen molar-refractivity contribution in [3.63, 3.8) is 0 Å². The van der Waals surface area contributed by atoms with Crippen molar-refractivity contribution in [1.82, 2.24) is 19.6 Å². The first kappa shape index (κ1) is 18.7. The molecule has 2 aromatic rings. The minimum atomic E-state index is -0.120. The van der Waals surface area contributed by atoms with E-state index in [0.717, 1.165) is 37.2 Å². The van der Waals surface area contributed by atoms with Gasteiger partial charge in [-0.2, -0.15) is 5.10 Å². The minimum absolute atomic E-state index is 0.0105. The molecule has 3 heterocycles. The average molecular weight is 381 g/mol. The lowest BCUT2D eigenvalue weighted by Crippen LogP contribution is -2.56. The molecule has 2 aliphatic heterocycles. The molecule has 2 aliphatic rings. The Labute approximate surface area is 165 Å². The summed E-state index contributed by atoms with van der Waals surface area (Å²) in [7, 11) is 2.09. The number of anilines is 1. The molecule has 2 fully saturated rings. The molecule has 1 N–H and O–H groups in total. The zero-order valence-corrected chi connectivity index (χ0v) is 16.3. The van der Waals surface area contributed by atoms with Crippen LogP contribution >= 0.6 is 0 Å². The number of nitrogens with one attached hydrogen (secondary N) is 1. The molecule has 7 heteroatoms. The van der Waals surface area contributed by atoms with Crippen molar-refractivity contribution in [3.05, 3.63) is 48.3 Å². The van der Waals surface area contributed by atoms with Crippen LogP contribution in [0.1, 0.15) is 18.4 Å². The number of likely N-dealkylation sites (tertiary alicyclic amines) is 2. The highest BCUT2D eigenvalue weighted by Gasteiger charge is 2.38. The van der Waals surface area contributed by atoms with Crippen LogP contribution in [0.25, 0.3) is 0 Å². The fraction of sp³-hybridized carbons (Fsp3) is 0.476. The first-order chi connectivity index (χ1) is 13.6. The zero-order chi connectivity index (χ0) is 19.5. The van der Waals surface area contributed by atoms with Gasteiger partial charge in [-0.15, -0.1) is 0 Å². The maximum absolute atomic E-state index is 12.6. The van der Waals surface area contributed by atoms with Gasteiger partial charge >= 0.3 is 0 Å². The van der Waals surface area contributed by atoms with Crippen LogP contribution in [0.3, 0.4) is 0 Å². The smallest absolute Gasteiger partial charge is 0.231 e. The van der Waals surface area contributed by atoms with Gasteiger partial charge in [-0.05, 0) is 56.7 Å².